The molecular formula is C16H19FN2O3. The zero-order chi connectivity index (χ0) is 16.8. The van der Waals surface area contributed by atoms with E-state index >= 15 is 0 Å². The monoisotopic (exact) mass is 306 g/mol. The van der Waals surface area contributed by atoms with E-state index in [9.17, 15) is 14.0 Å². The number of nitrogens with one attached hydrogen (secondary N) is 1. The first kappa shape index (κ1) is 17.6. The Hall–Kier alpha value is -2.42. The molecule has 0 aliphatic heterocycles. The Morgan fingerprint density at radius 3 is 2.68 bits per heavy atom. The van der Waals surface area contributed by atoms with Gasteiger partial charge in [-0.25, -0.2) is 4.39 Å². The lowest BCUT2D eigenvalue weighted by Gasteiger charge is -2.27. The van der Waals surface area contributed by atoms with Gasteiger partial charge in [-0.2, -0.15) is 5.26 Å². The molecule has 0 aliphatic rings. The molecule has 0 aliphatic carbocycles. The fraction of sp³-hybridized carbons (Fsp3) is 0.438. The van der Waals surface area contributed by atoms with Crippen molar-refractivity contribution in [3.8, 4) is 6.07 Å². The molecule has 1 N–H and O–H groups in total. The number of rotatable bonds is 6. The third-order valence-corrected chi connectivity index (χ3v) is 3.39. The highest BCUT2D eigenvalue weighted by atomic mass is 19.1. The summed E-state index contributed by atoms with van der Waals surface area (Å²) in [6.45, 7) is 4.74. The summed E-state index contributed by atoms with van der Waals surface area (Å²) in [5, 5.41) is 11.6. The molecule has 0 aromatic heterocycles. The smallest absolute Gasteiger partial charge is 0.310 e. The molecule has 1 atom stereocenters. The van der Waals surface area contributed by atoms with E-state index in [0.29, 0.717) is 5.56 Å². The molecule has 0 saturated heterocycles. The third-order valence-electron chi connectivity index (χ3n) is 3.39. The van der Waals surface area contributed by atoms with Gasteiger partial charge in [0.05, 0.1) is 12.5 Å². The fourth-order valence-corrected chi connectivity index (χ4v) is 1.64. The summed E-state index contributed by atoms with van der Waals surface area (Å²) >= 11 is 0. The zero-order valence-electron chi connectivity index (χ0n) is 12.9. The Morgan fingerprint density at radius 2 is 2.14 bits per heavy atom. The lowest BCUT2D eigenvalue weighted by molar-refractivity contribution is -0.148. The largest absolute Gasteiger partial charge is 0.455 e. The number of carbonyl (C=O) groups is 2. The first-order chi connectivity index (χ1) is 10.3. The Balaban J connectivity index is 2.47. The maximum absolute atomic E-state index is 13.0. The van der Waals surface area contributed by atoms with Gasteiger partial charge in [-0.05, 0) is 30.5 Å². The molecule has 118 valence electrons. The molecule has 0 spiro atoms. The first-order valence-electron chi connectivity index (χ1n) is 6.89. The first-order valence-corrected chi connectivity index (χ1v) is 6.89. The van der Waals surface area contributed by atoms with Gasteiger partial charge in [0.2, 0.25) is 0 Å². The Bertz CT molecular complexity index is 595. The van der Waals surface area contributed by atoms with Crippen LogP contribution in [0.2, 0.25) is 0 Å². The molecule has 1 aromatic rings. The van der Waals surface area contributed by atoms with Gasteiger partial charge in [0.25, 0.3) is 5.91 Å². The molecule has 6 heteroatoms. The van der Waals surface area contributed by atoms with Crippen LogP contribution in [0.1, 0.15) is 26.3 Å². The van der Waals surface area contributed by atoms with E-state index in [0.717, 1.165) is 0 Å². The second kappa shape index (κ2) is 7.55. The van der Waals surface area contributed by atoms with Crippen LogP contribution in [0.4, 0.5) is 4.39 Å². The van der Waals surface area contributed by atoms with E-state index in [4.69, 9.17) is 10.00 Å². The van der Waals surface area contributed by atoms with Gasteiger partial charge < -0.3 is 10.1 Å². The van der Waals surface area contributed by atoms with Crippen molar-refractivity contribution >= 4 is 11.9 Å². The molecule has 0 radical (unpaired) electrons. The van der Waals surface area contributed by atoms with Crippen molar-refractivity contribution in [3.05, 3.63) is 35.6 Å². The SMILES string of the molecule is CC(C)[C@](C)(C#N)NC(=O)COC(=O)Cc1cccc(F)c1. The summed E-state index contributed by atoms with van der Waals surface area (Å²) < 4.78 is 17.8. The minimum Gasteiger partial charge on any atom is -0.455 e. The molecule has 22 heavy (non-hydrogen) atoms. The third kappa shape index (κ3) is 5.17. The van der Waals surface area contributed by atoms with E-state index in [1.165, 1.54) is 18.2 Å². The topological polar surface area (TPSA) is 79.2 Å². The lowest BCUT2D eigenvalue weighted by atomic mass is 9.90. The Morgan fingerprint density at radius 1 is 1.45 bits per heavy atom. The Labute approximate surface area is 129 Å². The molecule has 1 rings (SSSR count). The summed E-state index contributed by atoms with van der Waals surface area (Å²) in [6.07, 6.45) is -0.120. The molecule has 1 aromatic carbocycles. The molecule has 0 saturated carbocycles. The zero-order valence-corrected chi connectivity index (χ0v) is 12.9. The van der Waals surface area contributed by atoms with Crippen molar-refractivity contribution < 1.29 is 18.7 Å². The summed E-state index contributed by atoms with van der Waals surface area (Å²) in [4.78, 5) is 23.3. The van der Waals surface area contributed by atoms with Crippen molar-refractivity contribution in [1.29, 1.82) is 5.26 Å². The number of benzene rings is 1. The van der Waals surface area contributed by atoms with E-state index < -0.39 is 29.8 Å². The van der Waals surface area contributed by atoms with Crippen molar-refractivity contribution in [1.82, 2.24) is 5.32 Å². The number of nitrogens with zero attached hydrogens (tertiary/aromatic N) is 1. The predicted molar refractivity (Wildman–Crippen MR) is 78.1 cm³/mol. The van der Waals surface area contributed by atoms with Crippen molar-refractivity contribution in [2.75, 3.05) is 6.61 Å². The highest BCUT2D eigenvalue weighted by Gasteiger charge is 2.30. The fourth-order valence-electron chi connectivity index (χ4n) is 1.64. The minimum absolute atomic E-state index is 0.0931. The van der Waals surface area contributed by atoms with Crippen LogP contribution in [0.15, 0.2) is 24.3 Å². The molecule has 1 amide bonds. The number of nitriles is 1. The average Bonchev–Trinajstić information content (AvgIpc) is 2.45. The van der Waals surface area contributed by atoms with Crippen LogP contribution in [0.25, 0.3) is 0 Å². The molecular weight excluding hydrogens is 287 g/mol. The van der Waals surface area contributed by atoms with Crippen molar-refractivity contribution in [3.63, 3.8) is 0 Å². The minimum atomic E-state index is -1.02. The maximum Gasteiger partial charge on any atom is 0.310 e. The number of ether oxygens (including phenoxy) is 1. The van der Waals surface area contributed by atoms with E-state index in [1.807, 2.05) is 6.07 Å². The quantitative estimate of drug-likeness (QED) is 0.815. The number of hydrogen-bond acceptors (Lipinski definition) is 4. The highest BCUT2D eigenvalue weighted by molar-refractivity contribution is 5.82. The van der Waals surface area contributed by atoms with Gasteiger partial charge in [0, 0.05) is 0 Å². The van der Waals surface area contributed by atoms with Crippen LogP contribution in [0.3, 0.4) is 0 Å². The van der Waals surface area contributed by atoms with Gasteiger partial charge in [-0.1, -0.05) is 26.0 Å². The summed E-state index contributed by atoms with van der Waals surface area (Å²) in [7, 11) is 0. The van der Waals surface area contributed by atoms with Crippen LogP contribution in [-0.2, 0) is 20.7 Å². The van der Waals surface area contributed by atoms with Gasteiger partial charge >= 0.3 is 5.97 Å². The maximum atomic E-state index is 13.0. The lowest BCUT2D eigenvalue weighted by Crippen LogP contribution is -2.50. The van der Waals surface area contributed by atoms with Crippen LogP contribution >= 0.6 is 0 Å². The number of halogens is 1. The van der Waals surface area contributed by atoms with Gasteiger partial charge in [0.1, 0.15) is 11.4 Å². The van der Waals surface area contributed by atoms with E-state index in [1.54, 1.807) is 26.8 Å². The van der Waals surface area contributed by atoms with Gasteiger partial charge in [-0.15, -0.1) is 0 Å². The standard InChI is InChI=1S/C16H19FN2O3/c1-11(2)16(3,10-18)19-14(20)9-22-15(21)8-12-5-4-6-13(17)7-12/h4-7,11H,8-9H2,1-3H3,(H,19,20)/t16-/m0/s1. The number of esters is 1. The van der Waals surface area contributed by atoms with Crippen LogP contribution in [0, 0.1) is 23.1 Å². The van der Waals surface area contributed by atoms with Crippen molar-refractivity contribution in [2.24, 2.45) is 5.92 Å². The van der Waals surface area contributed by atoms with Crippen LogP contribution in [-0.4, -0.2) is 24.0 Å². The van der Waals surface area contributed by atoms with Crippen LogP contribution in [0.5, 0.6) is 0 Å². The number of amides is 1. The van der Waals surface area contributed by atoms with E-state index in [2.05, 4.69) is 5.32 Å². The number of hydrogen-bond donors (Lipinski definition) is 1. The second-order valence-electron chi connectivity index (χ2n) is 5.48. The summed E-state index contributed by atoms with van der Waals surface area (Å²) in [5.41, 5.74) is -0.555. The van der Waals surface area contributed by atoms with Crippen molar-refractivity contribution in [2.45, 2.75) is 32.7 Å². The molecule has 5 nitrogen and oxygen atoms in total. The van der Waals surface area contributed by atoms with Crippen LogP contribution < -0.4 is 5.32 Å². The average molecular weight is 306 g/mol. The number of carbonyl (C=O) groups excluding carboxylic acids is 2. The molecule has 0 unspecified atom stereocenters. The summed E-state index contributed by atoms with van der Waals surface area (Å²) in [5.74, 6) is -1.72. The molecule has 0 fully saturated rings. The summed E-state index contributed by atoms with van der Waals surface area (Å²) in [6, 6.07) is 7.62. The normalized spacial score (nSPS) is 13.1. The highest BCUT2D eigenvalue weighted by Crippen LogP contribution is 2.14. The Kier molecular flexibility index (Phi) is 6.05. The molecule has 0 bridgehead atoms. The van der Waals surface area contributed by atoms with Gasteiger partial charge in [0.15, 0.2) is 6.61 Å². The second-order valence-corrected chi connectivity index (χ2v) is 5.48. The predicted octanol–water partition coefficient (Wildman–Crippen LogP) is 1.97. The molecule has 0 heterocycles. The van der Waals surface area contributed by atoms with E-state index in [-0.39, 0.29) is 12.3 Å². The van der Waals surface area contributed by atoms with Gasteiger partial charge in [-0.3, -0.25) is 9.59 Å².